The third kappa shape index (κ3) is 6.50. The van der Waals surface area contributed by atoms with E-state index in [1.807, 2.05) is 13.8 Å². The summed E-state index contributed by atoms with van der Waals surface area (Å²) >= 11 is 0. The number of hydrogen-bond donors (Lipinski definition) is 3. The van der Waals surface area contributed by atoms with Crippen molar-refractivity contribution in [2.75, 3.05) is 11.9 Å². The van der Waals surface area contributed by atoms with E-state index in [4.69, 9.17) is 14.3 Å². The Kier molecular flexibility index (Phi) is 6.99. The molecule has 1 aromatic heterocycles. The molecule has 27 heavy (non-hydrogen) atoms. The van der Waals surface area contributed by atoms with Gasteiger partial charge in [0.25, 0.3) is 11.8 Å². The number of furan rings is 1. The van der Waals surface area contributed by atoms with Crippen molar-refractivity contribution in [2.24, 2.45) is 5.92 Å². The maximum absolute atomic E-state index is 12.0. The molecule has 0 saturated carbocycles. The normalized spacial score (nSPS) is 11.7. The van der Waals surface area contributed by atoms with E-state index >= 15 is 0 Å². The number of nitrogens with one attached hydrogen (secondary N) is 2. The summed E-state index contributed by atoms with van der Waals surface area (Å²) in [6.07, 6.45) is 1.73. The summed E-state index contributed by atoms with van der Waals surface area (Å²) in [5, 5.41) is 14.2. The van der Waals surface area contributed by atoms with Gasteiger partial charge in [-0.25, -0.2) is 4.79 Å². The van der Waals surface area contributed by atoms with Crippen LogP contribution in [0.1, 0.15) is 30.8 Å². The van der Waals surface area contributed by atoms with Crippen molar-refractivity contribution in [1.29, 1.82) is 0 Å². The van der Waals surface area contributed by atoms with Gasteiger partial charge in [-0.05, 0) is 36.6 Å². The topological polar surface area (TPSA) is 118 Å². The van der Waals surface area contributed by atoms with Crippen molar-refractivity contribution in [3.05, 3.63) is 48.4 Å². The molecule has 0 unspecified atom stereocenters. The molecule has 0 aliphatic carbocycles. The highest BCUT2D eigenvalue weighted by atomic mass is 16.5. The molecule has 0 fully saturated rings. The van der Waals surface area contributed by atoms with Gasteiger partial charge in [0.05, 0.1) is 6.26 Å². The first-order chi connectivity index (χ1) is 12.8. The molecule has 3 N–H and O–H groups in total. The van der Waals surface area contributed by atoms with Crippen LogP contribution in [0, 0.1) is 5.92 Å². The Labute approximate surface area is 156 Å². The molecule has 0 aliphatic heterocycles. The van der Waals surface area contributed by atoms with Crippen LogP contribution >= 0.6 is 0 Å². The summed E-state index contributed by atoms with van der Waals surface area (Å²) in [4.78, 5) is 35.1. The molecule has 1 aromatic carbocycles. The number of amides is 2. The van der Waals surface area contributed by atoms with Gasteiger partial charge in [-0.15, -0.1) is 0 Å². The van der Waals surface area contributed by atoms with Crippen molar-refractivity contribution < 1.29 is 28.6 Å². The number of rotatable bonds is 9. The highest BCUT2D eigenvalue weighted by molar-refractivity contribution is 6.02. The lowest BCUT2D eigenvalue weighted by molar-refractivity contribution is -0.142. The lowest BCUT2D eigenvalue weighted by Crippen LogP contribution is -2.43. The zero-order chi connectivity index (χ0) is 19.8. The number of carbonyl (C=O) groups excluding carboxylic acids is 2. The summed E-state index contributed by atoms with van der Waals surface area (Å²) in [5.41, 5.74) is 0.470. The first kappa shape index (κ1) is 20.0. The standard InChI is InChI=1S/C19H22N2O6/c1-12(2)9-15(19(24)25)21-17(22)11-27-14-6-3-5-13(10-14)20-18(23)16-7-4-8-26-16/h3-8,10,12,15H,9,11H2,1-2H3,(H,20,23)(H,21,22)(H,24,25)/t15-/m1/s1. The van der Waals surface area contributed by atoms with Crippen LogP contribution < -0.4 is 15.4 Å². The number of carbonyl (C=O) groups is 3. The Balaban J connectivity index is 1.89. The first-order valence-corrected chi connectivity index (χ1v) is 8.45. The number of hydrogen-bond acceptors (Lipinski definition) is 5. The summed E-state index contributed by atoms with van der Waals surface area (Å²) < 4.78 is 10.4. The molecule has 8 heteroatoms. The van der Waals surface area contributed by atoms with Crippen LogP contribution in [-0.4, -0.2) is 35.5 Å². The summed E-state index contributed by atoms with van der Waals surface area (Å²) in [6.45, 7) is 3.42. The Morgan fingerprint density at radius 2 is 1.96 bits per heavy atom. The maximum Gasteiger partial charge on any atom is 0.326 e. The van der Waals surface area contributed by atoms with E-state index in [2.05, 4.69) is 10.6 Å². The third-order valence-corrected chi connectivity index (χ3v) is 3.55. The zero-order valence-corrected chi connectivity index (χ0v) is 15.1. The molecule has 1 atom stereocenters. The molecular formula is C19H22N2O6. The third-order valence-electron chi connectivity index (χ3n) is 3.55. The van der Waals surface area contributed by atoms with Crippen LogP contribution in [0.4, 0.5) is 5.69 Å². The van der Waals surface area contributed by atoms with Crippen LogP contribution in [0.5, 0.6) is 5.75 Å². The molecule has 1 heterocycles. The van der Waals surface area contributed by atoms with Gasteiger partial charge in [-0.2, -0.15) is 0 Å². The van der Waals surface area contributed by atoms with Crippen LogP contribution in [-0.2, 0) is 9.59 Å². The highest BCUT2D eigenvalue weighted by Crippen LogP contribution is 2.18. The fourth-order valence-electron chi connectivity index (χ4n) is 2.34. The van der Waals surface area contributed by atoms with Crippen molar-refractivity contribution in [2.45, 2.75) is 26.3 Å². The Morgan fingerprint density at radius 3 is 2.59 bits per heavy atom. The van der Waals surface area contributed by atoms with Gasteiger partial charge in [0.2, 0.25) is 0 Å². The summed E-state index contributed by atoms with van der Waals surface area (Å²) in [5.74, 6) is -1.37. The number of carboxylic acids is 1. The molecule has 0 spiro atoms. The predicted molar refractivity (Wildman–Crippen MR) is 97.6 cm³/mol. The van der Waals surface area contributed by atoms with E-state index in [1.54, 1.807) is 30.3 Å². The number of aliphatic carboxylic acids is 1. The predicted octanol–water partition coefficient (Wildman–Crippen LogP) is 2.53. The Bertz CT molecular complexity index is 785. The smallest absolute Gasteiger partial charge is 0.326 e. The van der Waals surface area contributed by atoms with E-state index in [1.165, 1.54) is 12.3 Å². The number of carboxylic acid groups (broad SMARTS) is 1. The average molecular weight is 374 g/mol. The molecule has 144 valence electrons. The fourth-order valence-corrected chi connectivity index (χ4v) is 2.34. The molecule has 8 nitrogen and oxygen atoms in total. The van der Waals surface area contributed by atoms with E-state index in [9.17, 15) is 14.4 Å². The number of ether oxygens (including phenoxy) is 1. The highest BCUT2D eigenvalue weighted by Gasteiger charge is 2.21. The zero-order valence-electron chi connectivity index (χ0n) is 15.1. The summed E-state index contributed by atoms with van der Waals surface area (Å²) in [7, 11) is 0. The van der Waals surface area contributed by atoms with E-state index < -0.39 is 23.8 Å². The minimum atomic E-state index is -1.08. The molecule has 0 aliphatic rings. The van der Waals surface area contributed by atoms with Crippen molar-refractivity contribution >= 4 is 23.5 Å². The molecule has 2 amide bonds. The number of anilines is 1. The Morgan fingerprint density at radius 1 is 1.19 bits per heavy atom. The van der Waals surface area contributed by atoms with Gasteiger partial charge in [-0.1, -0.05) is 19.9 Å². The SMILES string of the molecule is CC(C)C[C@@H](NC(=O)COc1cccc(NC(=O)c2ccco2)c1)C(=O)O. The van der Waals surface area contributed by atoms with Gasteiger partial charge in [0.15, 0.2) is 12.4 Å². The summed E-state index contributed by atoms with van der Waals surface area (Å²) in [6, 6.07) is 8.68. The fraction of sp³-hybridized carbons (Fsp3) is 0.316. The molecular weight excluding hydrogens is 352 g/mol. The molecule has 0 saturated heterocycles. The van der Waals surface area contributed by atoms with Crippen molar-refractivity contribution in [1.82, 2.24) is 5.32 Å². The lowest BCUT2D eigenvalue weighted by atomic mass is 10.0. The minimum absolute atomic E-state index is 0.127. The second-order valence-electron chi connectivity index (χ2n) is 6.34. The van der Waals surface area contributed by atoms with Gasteiger partial charge in [-0.3, -0.25) is 9.59 Å². The largest absolute Gasteiger partial charge is 0.484 e. The quantitative estimate of drug-likeness (QED) is 0.621. The van der Waals surface area contributed by atoms with Gasteiger partial charge >= 0.3 is 5.97 Å². The average Bonchev–Trinajstić information content (AvgIpc) is 3.14. The van der Waals surface area contributed by atoms with Gasteiger partial charge < -0.3 is 24.9 Å². The second-order valence-corrected chi connectivity index (χ2v) is 6.34. The molecule has 0 radical (unpaired) electrons. The van der Waals surface area contributed by atoms with Crippen LogP contribution in [0.15, 0.2) is 47.1 Å². The van der Waals surface area contributed by atoms with Crippen molar-refractivity contribution in [3.8, 4) is 5.75 Å². The molecule has 2 rings (SSSR count). The molecule has 2 aromatic rings. The van der Waals surface area contributed by atoms with Gasteiger partial charge in [0, 0.05) is 11.8 Å². The van der Waals surface area contributed by atoms with Gasteiger partial charge in [0.1, 0.15) is 11.8 Å². The van der Waals surface area contributed by atoms with E-state index in [-0.39, 0.29) is 18.3 Å². The van der Waals surface area contributed by atoms with Crippen molar-refractivity contribution in [3.63, 3.8) is 0 Å². The van der Waals surface area contributed by atoms with E-state index in [0.29, 0.717) is 17.9 Å². The molecule has 0 bridgehead atoms. The van der Waals surface area contributed by atoms with Crippen LogP contribution in [0.3, 0.4) is 0 Å². The van der Waals surface area contributed by atoms with Crippen LogP contribution in [0.25, 0.3) is 0 Å². The van der Waals surface area contributed by atoms with Crippen LogP contribution in [0.2, 0.25) is 0 Å². The number of benzene rings is 1. The minimum Gasteiger partial charge on any atom is -0.484 e. The Hall–Kier alpha value is -3.29. The first-order valence-electron chi connectivity index (χ1n) is 8.45. The monoisotopic (exact) mass is 374 g/mol. The lowest BCUT2D eigenvalue weighted by Gasteiger charge is -2.16. The van der Waals surface area contributed by atoms with E-state index in [0.717, 1.165) is 0 Å². The second kappa shape index (κ2) is 9.42. The maximum atomic E-state index is 12.0.